The molecule has 5 rings (SSSR count). The lowest BCUT2D eigenvalue weighted by atomic mass is 10.0. The highest BCUT2D eigenvalue weighted by Gasteiger charge is 2.18. The monoisotopic (exact) mass is 477 g/mol. The molecule has 1 heterocycles. The Bertz CT molecular complexity index is 1500. The minimum Gasteiger partial charge on any atom is -0.298 e. The minimum absolute atomic E-state index is 0.138. The summed E-state index contributed by atoms with van der Waals surface area (Å²) in [6.07, 6.45) is 0. The molecular weight excluding hydrogens is 458 g/mol. The van der Waals surface area contributed by atoms with Crippen molar-refractivity contribution in [2.45, 2.75) is 0 Å². The fourth-order valence-electron chi connectivity index (χ4n) is 3.74. The third kappa shape index (κ3) is 4.85. The predicted octanol–water partition coefficient (Wildman–Crippen LogP) is 7.30. The molecule has 0 atom stereocenters. The number of amides is 1. The molecule has 1 amide bonds. The van der Waals surface area contributed by atoms with Gasteiger partial charge in [-0.15, -0.1) is 0 Å². The number of nitrogens with zero attached hydrogens (tertiary/aromatic N) is 2. The Morgan fingerprint density at radius 1 is 0.743 bits per heavy atom. The van der Waals surface area contributed by atoms with Crippen LogP contribution in [-0.4, -0.2) is 15.8 Å². The summed E-state index contributed by atoms with van der Waals surface area (Å²) in [5.41, 5.74) is 4.98. The fourth-order valence-corrected chi connectivity index (χ4v) is 4.72. The molecule has 4 aromatic carbocycles. The standard InChI is InChI=1S/C28H19N3O3S/c32-27(23-12-7-13-24(18-23)31(33)34)30-28-29-25(21-10-5-2-6-11-21)26(35-28)22-16-14-20(15-17-22)19-8-3-1-4-9-19/h1-18H,(H,29,30,32). The second kappa shape index (κ2) is 9.70. The molecular formula is C28H19N3O3S. The van der Waals surface area contributed by atoms with E-state index in [0.717, 1.165) is 32.8 Å². The topological polar surface area (TPSA) is 85.1 Å². The molecule has 170 valence electrons. The quantitative estimate of drug-likeness (QED) is 0.205. The van der Waals surface area contributed by atoms with Crippen molar-refractivity contribution in [1.82, 2.24) is 4.98 Å². The first-order chi connectivity index (χ1) is 17.1. The first-order valence-electron chi connectivity index (χ1n) is 10.9. The Kier molecular flexibility index (Phi) is 6.15. The van der Waals surface area contributed by atoms with Gasteiger partial charge in [0.05, 0.1) is 15.5 Å². The van der Waals surface area contributed by atoms with Crippen LogP contribution < -0.4 is 5.32 Å². The maximum Gasteiger partial charge on any atom is 0.270 e. The number of hydrogen-bond donors (Lipinski definition) is 1. The summed E-state index contributed by atoms with van der Waals surface area (Å²) in [7, 11) is 0. The number of rotatable bonds is 6. The summed E-state index contributed by atoms with van der Waals surface area (Å²) in [5.74, 6) is -0.451. The second-order valence-corrected chi connectivity index (χ2v) is 8.77. The lowest BCUT2D eigenvalue weighted by molar-refractivity contribution is -0.384. The lowest BCUT2D eigenvalue weighted by Crippen LogP contribution is -2.11. The molecule has 1 N–H and O–H groups in total. The molecule has 0 bridgehead atoms. The van der Waals surface area contributed by atoms with Gasteiger partial charge >= 0.3 is 0 Å². The number of nitro groups is 1. The van der Waals surface area contributed by atoms with Gasteiger partial charge in [-0.05, 0) is 22.8 Å². The highest BCUT2D eigenvalue weighted by Crippen LogP contribution is 2.39. The van der Waals surface area contributed by atoms with Crippen LogP contribution in [0.4, 0.5) is 10.8 Å². The number of nitro benzene ring substituents is 1. The van der Waals surface area contributed by atoms with Crippen LogP contribution in [0.1, 0.15) is 10.4 Å². The maximum atomic E-state index is 12.8. The van der Waals surface area contributed by atoms with Crippen molar-refractivity contribution in [3.63, 3.8) is 0 Å². The number of thiazole rings is 1. The van der Waals surface area contributed by atoms with E-state index in [1.807, 2.05) is 48.5 Å². The lowest BCUT2D eigenvalue weighted by Gasteiger charge is -2.05. The third-order valence-electron chi connectivity index (χ3n) is 5.47. The van der Waals surface area contributed by atoms with Crippen LogP contribution >= 0.6 is 11.3 Å². The molecule has 0 aliphatic rings. The summed E-state index contributed by atoms with van der Waals surface area (Å²) < 4.78 is 0. The average molecular weight is 478 g/mol. The van der Waals surface area contributed by atoms with Crippen LogP contribution in [0.15, 0.2) is 109 Å². The van der Waals surface area contributed by atoms with E-state index in [1.165, 1.54) is 35.6 Å². The van der Waals surface area contributed by atoms with Gasteiger partial charge in [-0.2, -0.15) is 0 Å². The van der Waals surface area contributed by atoms with Crippen molar-refractivity contribution in [1.29, 1.82) is 0 Å². The van der Waals surface area contributed by atoms with Crippen LogP contribution in [0.5, 0.6) is 0 Å². The van der Waals surface area contributed by atoms with Gasteiger partial charge in [-0.3, -0.25) is 20.2 Å². The SMILES string of the molecule is O=C(Nc1nc(-c2ccccc2)c(-c2ccc(-c3ccccc3)cc2)s1)c1cccc([N+](=O)[O-])c1. The number of non-ortho nitro benzene ring substituents is 1. The molecule has 1 aromatic heterocycles. The molecule has 5 aromatic rings. The Morgan fingerprint density at radius 2 is 1.34 bits per heavy atom. The second-order valence-electron chi connectivity index (χ2n) is 7.77. The Balaban J connectivity index is 1.49. The van der Waals surface area contributed by atoms with Crippen LogP contribution in [-0.2, 0) is 0 Å². The summed E-state index contributed by atoms with van der Waals surface area (Å²) in [6.45, 7) is 0. The van der Waals surface area contributed by atoms with Crippen molar-refractivity contribution in [2.24, 2.45) is 0 Å². The van der Waals surface area contributed by atoms with Gasteiger partial charge in [0, 0.05) is 23.3 Å². The zero-order valence-corrected chi connectivity index (χ0v) is 19.2. The molecule has 0 fully saturated rings. The molecule has 0 radical (unpaired) electrons. The highest BCUT2D eigenvalue weighted by molar-refractivity contribution is 7.19. The minimum atomic E-state index is -0.523. The Labute approximate surface area is 205 Å². The predicted molar refractivity (Wildman–Crippen MR) is 139 cm³/mol. The van der Waals surface area contributed by atoms with E-state index in [4.69, 9.17) is 4.98 Å². The number of benzene rings is 4. The molecule has 0 spiro atoms. The summed E-state index contributed by atoms with van der Waals surface area (Å²) in [4.78, 5) is 29.0. The number of carbonyl (C=O) groups excluding carboxylic acids is 1. The van der Waals surface area contributed by atoms with Gasteiger partial charge in [0.1, 0.15) is 0 Å². The Morgan fingerprint density at radius 3 is 2.00 bits per heavy atom. The molecule has 6 nitrogen and oxygen atoms in total. The summed E-state index contributed by atoms with van der Waals surface area (Å²) in [6, 6.07) is 33.8. The first kappa shape index (κ1) is 22.2. The normalized spacial score (nSPS) is 10.6. The number of nitrogens with one attached hydrogen (secondary N) is 1. The fraction of sp³-hybridized carbons (Fsp3) is 0. The van der Waals surface area contributed by atoms with Crippen LogP contribution in [0.25, 0.3) is 32.8 Å². The van der Waals surface area contributed by atoms with Crippen LogP contribution in [0.2, 0.25) is 0 Å². The molecule has 0 saturated carbocycles. The third-order valence-corrected chi connectivity index (χ3v) is 6.49. The highest BCUT2D eigenvalue weighted by atomic mass is 32.1. The van der Waals surface area contributed by atoms with Crippen molar-refractivity contribution in [3.8, 4) is 32.8 Å². The number of anilines is 1. The number of aromatic nitrogens is 1. The van der Waals surface area contributed by atoms with Gasteiger partial charge in [-0.1, -0.05) is 102 Å². The van der Waals surface area contributed by atoms with Crippen LogP contribution in [0.3, 0.4) is 0 Å². The van der Waals surface area contributed by atoms with Gasteiger partial charge in [0.25, 0.3) is 11.6 Å². The van der Waals surface area contributed by atoms with Crippen LogP contribution in [0, 0.1) is 10.1 Å². The van der Waals surface area contributed by atoms with E-state index in [0.29, 0.717) is 5.13 Å². The van der Waals surface area contributed by atoms with E-state index in [-0.39, 0.29) is 11.3 Å². The van der Waals surface area contributed by atoms with Gasteiger partial charge < -0.3 is 0 Å². The molecule has 0 aliphatic carbocycles. The van der Waals surface area contributed by atoms with E-state index >= 15 is 0 Å². The molecule has 35 heavy (non-hydrogen) atoms. The van der Waals surface area contributed by atoms with Gasteiger partial charge in [0.15, 0.2) is 5.13 Å². The van der Waals surface area contributed by atoms with E-state index < -0.39 is 10.8 Å². The van der Waals surface area contributed by atoms with Crippen molar-refractivity contribution >= 4 is 28.1 Å². The maximum absolute atomic E-state index is 12.8. The van der Waals surface area contributed by atoms with Gasteiger partial charge in [0.2, 0.25) is 0 Å². The van der Waals surface area contributed by atoms with Crippen molar-refractivity contribution in [3.05, 3.63) is 125 Å². The molecule has 7 heteroatoms. The largest absolute Gasteiger partial charge is 0.298 e. The molecule has 0 saturated heterocycles. The number of hydrogen-bond acceptors (Lipinski definition) is 5. The van der Waals surface area contributed by atoms with Crippen molar-refractivity contribution < 1.29 is 9.72 Å². The van der Waals surface area contributed by atoms with Gasteiger partial charge in [-0.25, -0.2) is 4.98 Å². The molecule has 0 aliphatic heterocycles. The summed E-state index contributed by atoms with van der Waals surface area (Å²) in [5, 5.41) is 14.3. The smallest absolute Gasteiger partial charge is 0.270 e. The summed E-state index contributed by atoms with van der Waals surface area (Å²) >= 11 is 1.37. The molecule has 0 unspecified atom stereocenters. The van der Waals surface area contributed by atoms with E-state index in [2.05, 4.69) is 41.7 Å². The van der Waals surface area contributed by atoms with E-state index in [9.17, 15) is 14.9 Å². The zero-order chi connectivity index (χ0) is 24.2. The Hall–Kier alpha value is -4.62. The first-order valence-corrected chi connectivity index (χ1v) is 11.7. The zero-order valence-electron chi connectivity index (χ0n) is 18.4. The van der Waals surface area contributed by atoms with Crippen molar-refractivity contribution in [2.75, 3.05) is 5.32 Å². The average Bonchev–Trinajstić information content (AvgIpc) is 3.33. The number of carbonyl (C=O) groups is 1. The van der Waals surface area contributed by atoms with E-state index in [1.54, 1.807) is 0 Å².